The van der Waals surface area contributed by atoms with Crippen LogP contribution in [0.2, 0.25) is 5.02 Å². The van der Waals surface area contributed by atoms with E-state index in [1.165, 1.54) is 5.56 Å². The number of nitrogens with one attached hydrogen (secondary N) is 1. The molecule has 0 saturated carbocycles. The highest BCUT2D eigenvalue weighted by Crippen LogP contribution is 2.21. The van der Waals surface area contributed by atoms with Crippen molar-refractivity contribution in [1.29, 1.82) is 0 Å². The standard InChI is InChI=1S/C24H31ClN2O2S/c1-17-6-12-21(13-7-17)30-15-14-22(28)27(16-19-8-10-20(25)11-9-19)18(2)23(29)26-24(3,4)5/h6-13,18H,14-16H2,1-5H3,(H,26,29)/t18-/m0/s1. The van der Waals surface area contributed by atoms with Gasteiger partial charge in [0.25, 0.3) is 0 Å². The van der Waals surface area contributed by atoms with Crippen LogP contribution in [-0.4, -0.2) is 34.0 Å². The van der Waals surface area contributed by atoms with Crippen molar-refractivity contribution in [3.05, 3.63) is 64.7 Å². The Bertz CT molecular complexity index is 845. The van der Waals surface area contributed by atoms with Crippen molar-refractivity contribution in [1.82, 2.24) is 10.2 Å². The highest BCUT2D eigenvalue weighted by molar-refractivity contribution is 7.99. The molecule has 2 aromatic rings. The zero-order valence-electron chi connectivity index (χ0n) is 18.4. The molecule has 0 radical (unpaired) electrons. The molecule has 1 N–H and O–H groups in total. The summed E-state index contributed by atoms with van der Waals surface area (Å²) in [4.78, 5) is 28.6. The van der Waals surface area contributed by atoms with Gasteiger partial charge in [0.05, 0.1) is 0 Å². The van der Waals surface area contributed by atoms with E-state index in [9.17, 15) is 9.59 Å². The first kappa shape index (κ1) is 24.3. The van der Waals surface area contributed by atoms with Gasteiger partial charge in [-0.25, -0.2) is 0 Å². The molecule has 4 nitrogen and oxygen atoms in total. The van der Waals surface area contributed by atoms with Gasteiger partial charge in [-0.05, 0) is 64.4 Å². The largest absolute Gasteiger partial charge is 0.350 e. The van der Waals surface area contributed by atoms with Crippen LogP contribution >= 0.6 is 23.4 Å². The second kappa shape index (κ2) is 10.9. The molecule has 0 spiro atoms. The molecule has 2 amide bonds. The van der Waals surface area contributed by atoms with Crippen LogP contribution in [0.15, 0.2) is 53.4 Å². The zero-order chi connectivity index (χ0) is 22.3. The minimum Gasteiger partial charge on any atom is -0.350 e. The van der Waals surface area contributed by atoms with Crippen molar-refractivity contribution in [2.45, 2.75) is 64.1 Å². The van der Waals surface area contributed by atoms with Crippen molar-refractivity contribution < 1.29 is 9.59 Å². The summed E-state index contributed by atoms with van der Waals surface area (Å²) >= 11 is 7.63. The summed E-state index contributed by atoms with van der Waals surface area (Å²) in [6.45, 7) is 9.99. The Labute approximate surface area is 189 Å². The fourth-order valence-electron chi connectivity index (χ4n) is 2.88. The summed E-state index contributed by atoms with van der Waals surface area (Å²) in [6, 6.07) is 15.1. The predicted octanol–water partition coefficient (Wildman–Crippen LogP) is 5.46. The van der Waals surface area contributed by atoms with Crippen LogP contribution in [0.5, 0.6) is 0 Å². The summed E-state index contributed by atoms with van der Waals surface area (Å²) in [5, 5.41) is 3.62. The van der Waals surface area contributed by atoms with E-state index in [2.05, 4.69) is 36.5 Å². The smallest absolute Gasteiger partial charge is 0.242 e. The van der Waals surface area contributed by atoms with E-state index < -0.39 is 6.04 Å². The van der Waals surface area contributed by atoms with Crippen molar-refractivity contribution in [3.63, 3.8) is 0 Å². The molecule has 0 aliphatic carbocycles. The average Bonchev–Trinajstić information content (AvgIpc) is 2.67. The third-order valence-corrected chi connectivity index (χ3v) is 5.80. The Morgan fingerprint density at radius 2 is 1.67 bits per heavy atom. The van der Waals surface area contributed by atoms with Crippen LogP contribution in [0.1, 0.15) is 45.2 Å². The lowest BCUT2D eigenvalue weighted by Gasteiger charge is -2.31. The highest BCUT2D eigenvalue weighted by Gasteiger charge is 2.28. The maximum atomic E-state index is 13.1. The Morgan fingerprint density at radius 3 is 2.23 bits per heavy atom. The Kier molecular flexibility index (Phi) is 8.80. The molecule has 0 aromatic heterocycles. The molecule has 0 heterocycles. The Morgan fingerprint density at radius 1 is 1.07 bits per heavy atom. The van der Waals surface area contributed by atoms with Gasteiger partial charge in [-0.15, -0.1) is 11.8 Å². The number of halogens is 1. The van der Waals surface area contributed by atoms with E-state index in [0.717, 1.165) is 10.5 Å². The maximum Gasteiger partial charge on any atom is 0.242 e. The molecule has 1 atom stereocenters. The molecule has 162 valence electrons. The average molecular weight is 447 g/mol. The minimum atomic E-state index is -0.572. The number of amides is 2. The number of carbonyl (C=O) groups is 2. The first-order valence-electron chi connectivity index (χ1n) is 10.1. The number of rotatable bonds is 8. The van der Waals surface area contributed by atoms with Crippen LogP contribution in [0.4, 0.5) is 0 Å². The van der Waals surface area contributed by atoms with Gasteiger partial charge < -0.3 is 10.2 Å². The summed E-state index contributed by atoms with van der Waals surface area (Å²) in [5.74, 6) is 0.462. The fraction of sp³-hybridized carbons (Fsp3) is 0.417. The lowest BCUT2D eigenvalue weighted by Crippen LogP contribution is -2.52. The second-order valence-corrected chi connectivity index (χ2v) is 10.1. The summed E-state index contributed by atoms with van der Waals surface area (Å²) in [7, 11) is 0. The molecule has 2 aromatic carbocycles. The molecule has 0 fully saturated rings. The number of carbonyl (C=O) groups excluding carboxylic acids is 2. The van der Waals surface area contributed by atoms with Gasteiger partial charge >= 0.3 is 0 Å². The van der Waals surface area contributed by atoms with E-state index in [-0.39, 0.29) is 17.4 Å². The molecular weight excluding hydrogens is 416 g/mol. The first-order valence-corrected chi connectivity index (χ1v) is 11.5. The van der Waals surface area contributed by atoms with Crippen LogP contribution in [0, 0.1) is 6.92 Å². The molecule has 0 saturated heterocycles. The van der Waals surface area contributed by atoms with Crippen molar-refractivity contribution in [2.24, 2.45) is 0 Å². The van der Waals surface area contributed by atoms with Crippen LogP contribution in [-0.2, 0) is 16.1 Å². The van der Waals surface area contributed by atoms with Crippen LogP contribution < -0.4 is 5.32 Å². The quantitative estimate of drug-likeness (QED) is 0.547. The maximum absolute atomic E-state index is 13.1. The molecule has 30 heavy (non-hydrogen) atoms. The Balaban J connectivity index is 2.08. The number of hydrogen-bond donors (Lipinski definition) is 1. The van der Waals surface area contributed by atoms with Gasteiger partial charge in [-0.2, -0.15) is 0 Å². The number of nitrogens with zero attached hydrogens (tertiary/aromatic N) is 1. The second-order valence-electron chi connectivity index (χ2n) is 8.47. The normalized spacial score (nSPS) is 12.3. The van der Waals surface area contributed by atoms with Gasteiger partial charge in [0, 0.05) is 34.2 Å². The third-order valence-electron chi connectivity index (χ3n) is 4.54. The van der Waals surface area contributed by atoms with Crippen molar-refractivity contribution in [3.8, 4) is 0 Å². The zero-order valence-corrected chi connectivity index (χ0v) is 19.9. The number of aryl methyl sites for hydroxylation is 1. The predicted molar refractivity (Wildman–Crippen MR) is 126 cm³/mol. The number of thioether (sulfide) groups is 1. The summed E-state index contributed by atoms with van der Waals surface area (Å²) < 4.78 is 0. The van der Waals surface area contributed by atoms with E-state index >= 15 is 0 Å². The van der Waals surface area contributed by atoms with Crippen LogP contribution in [0.3, 0.4) is 0 Å². The molecule has 0 aliphatic rings. The summed E-state index contributed by atoms with van der Waals surface area (Å²) in [5.41, 5.74) is 1.79. The van der Waals surface area contributed by atoms with Gasteiger partial charge in [0.2, 0.25) is 11.8 Å². The molecule has 0 aliphatic heterocycles. The first-order chi connectivity index (χ1) is 14.0. The van der Waals surface area contributed by atoms with E-state index in [1.807, 2.05) is 32.9 Å². The Hall–Kier alpha value is -1.98. The topological polar surface area (TPSA) is 49.4 Å². The monoisotopic (exact) mass is 446 g/mol. The molecular formula is C24H31ClN2O2S. The highest BCUT2D eigenvalue weighted by atomic mass is 35.5. The molecule has 0 bridgehead atoms. The van der Waals surface area contributed by atoms with Gasteiger partial charge in [-0.1, -0.05) is 41.4 Å². The van der Waals surface area contributed by atoms with E-state index in [1.54, 1.807) is 35.7 Å². The third kappa shape index (κ3) is 8.04. The van der Waals surface area contributed by atoms with E-state index in [4.69, 9.17) is 11.6 Å². The van der Waals surface area contributed by atoms with Crippen LogP contribution in [0.25, 0.3) is 0 Å². The molecule has 2 rings (SSSR count). The minimum absolute atomic E-state index is 0.0406. The molecule has 6 heteroatoms. The molecule has 0 unspecified atom stereocenters. The SMILES string of the molecule is Cc1ccc(SCCC(=O)N(Cc2ccc(Cl)cc2)[C@@H](C)C(=O)NC(C)(C)C)cc1. The fourth-order valence-corrected chi connectivity index (χ4v) is 3.84. The van der Waals surface area contributed by atoms with E-state index in [0.29, 0.717) is 23.7 Å². The van der Waals surface area contributed by atoms with Crippen molar-refractivity contribution >= 4 is 35.2 Å². The number of hydrogen-bond acceptors (Lipinski definition) is 3. The van der Waals surface area contributed by atoms with Gasteiger partial charge in [0.1, 0.15) is 6.04 Å². The van der Waals surface area contributed by atoms with Gasteiger partial charge in [0.15, 0.2) is 0 Å². The lowest BCUT2D eigenvalue weighted by molar-refractivity contribution is -0.140. The van der Waals surface area contributed by atoms with Crippen molar-refractivity contribution in [2.75, 3.05) is 5.75 Å². The van der Waals surface area contributed by atoms with Gasteiger partial charge in [-0.3, -0.25) is 9.59 Å². The number of benzene rings is 2. The lowest BCUT2D eigenvalue weighted by atomic mass is 10.1. The summed E-state index contributed by atoms with van der Waals surface area (Å²) in [6.07, 6.45) is 0.360.